The summed E-state index contributed by atoms with van der Waals surface area (Å²) in [5.41, 5.74) is 0. The highest BCUT2D eigenvalue weighted by atomic mass is 16.5. The fourth-order valence-corrected chi connectivity index (χ4v) is 10.4. The second kappa shape index (κ2) is 64.6. The zero-order valence-corrected chi connectivity index (χ0v) is 50.5. The van der Waals surface area contributed by atoms with Gasteiger partial charge in [-0.3, -0.25) is 9.59 Å². The summed E-state index contributed by atoms with van der Waals surface area (Å²) in [6.45, 7) is 4.91. The molecule has 2 atom stereocenters. The van der Waals surface area contributed by atoms with E-state index >= 15 is 0 Å². The van der Waals surface area contributed by atoms with Crippen LogP contribution in [-0.2, 0) is 14.3 Å². The van der Waals surface area contributed by atoms with Gasteiger partial charge in [-0.1, -0.05) is 307 Å². The van der Waals surface area contributed by atoms with Gasteiger partial charge in [0, 0.05) is 12.8 Å². The van der Waals surface area contributed by atoms with Crippen molar-refractivity contribution in [2.75, 3.05) is 13.2 Å². The second-order valence-electron chi connectivity index (χ2n) is 23.1. The van der Waals surface area contributed by atoms with Crippen molar-refractivity contribution < 1.29 is 24.5 Å². The lowest BCUT2D eigenvalue weighted by Crippen LogP contribution is -2.45. The molecule has 0 aliphatic rings. The third-order valence-electron chi connectivity index (χ3n) is 15.6. The Morgan fingerprint density at radius 3 is 0.947 bits per heavy atom. The molecule has 0 saturated heterocycles. The molecule has 0 fully saturated rings. The number of amides is 1. The Labute approximate surface area is 468 Å². The number of hydrogen-bond donors (Lipinski definition) is 3. The number of ether oxygens (including phenoxy) is 1. The van der Waals surface area contributed by atoms with E-state index in [1.165, 1.54) is 289 Å². The van der Waals surface area contributed by atoms with E-state index in [0.29, 0.717) is 19.4 Å². The molecule has 3 N–H and O–H groups in total. The second-order valence-corrected chi connectivity index (χ2v) is 23.1. The summed E-state index contributed by atoms with van der Waals surface area (Å²) >= 11 is 0. The van der Waals surface area contributed by atoms with Crippen molar-refractivity contribution in [1.29, 1.82) is 0 Å². The van der Waals surface area contributed by atoms with Crippen molar-refractivity contribution in [3.63, 3.8) is 0 Å². The fourth-order valence-electron chi connectivity index (χ4n) is 10.4. The molecule has 0 aliphatic carbocycles. The summed E-state index contributed by atoms with van der Waals surface area (Å²) < 4.78 is 5.49. The molecule has 0 aromatic heterocycles. The highest BCUT2D eigenvalue weighted by molar-refractivity contribution is 5.76. The van der Waals surface area contributed by atoms with Crippen molar-refractivity contribution in [1.82, 2.24) is 5.32 Å². The Hall–Kier alpha value is -1.92. The molecular weight excluding hydrogens is 923 g/mol. The van der Waals surface area contributed by atoms with Gasteiger partial charge in [0.05, 0.1) is 25.4 Å². The molecule has 6 nitrogen and oxygen atoms in total. The van der Waals surface area contributed by atoms with Gasteiger partial charge in [0.15, 0.2) is 0 Å². The number of hydrogen-bond acceptors (Lipinski definition) is 5. The van der Waals surface area contributed by atoms with Gasteiger partial charge < -0.3 is 20.3 Å². The molecule has 75 heavy (non-hydrogen) atoms. The maximum atomic E-state index is 12.5. The van der Waals surface area contributed by atoms with Gasteiger partial charge in [0.25, 0.3) is 0 Å². The van der Waals surface area contributed by atoms with E-state index in [-0.39, 0.29) is 18.5 Å². The molecule has 6 heteroatoms. The first-order valence-electron chi connectivity index (χ1n) is 33.8. The minimum atomic E-state index is -0.852. The van der Waals surface area contributed by atoms with Gasteiger partial charge in [-0.05, 0) is 83.5 Å². The molecule has 0 aromatic carbocycles. The van der Waals surface area contributed by atoms with E-state index in [4.69, 9.17) is 4.74 Å². The molecule has 1 amide bonds. The largest absolute Gasteiger partial charge is 0.466 e. The lowest BCUT2D eigenvalue weighted by atomic mass is 10.0. The van der Waals surface area contributed by atoms with Gasteiger partial charge in [-0.2, -0.15) is 0 Å². The van der Waals surface area contributed by atoms with E-state index in [1.807, 2.05) is 6.08 Å². The predicted octanol–water partition coefficient (Wildman–Crippen LogP) is 21.5. The number of rotatable bonds is 63. The highest BCUT2D eigenvalue weighted by Crippen LogP contribution is 2.18. The molecular formula is C69H131NO5. The van der Waals surface area contributed by atoms with Gasteiger partial charge >= 0.3 is 5.97 Å². The zero-order chi connectivity index (χ0) is 54.3. The predicted molar refractivity (Wildman–Crippen MR) is 329 cm³/mol. The molecule has 0 spiro atoms. The first-order chi connectivity index (χ1) is 37.0. The summed E-state index contributed by atoms with van der Waals surface area (Å²) in [7, 11) is 0. The van der Waals surface area contributed by atoms with Crippen molar-refractivity contribution in [3.8, 4) is 0 Å². The highest BCUT2D eigenvalue weighted by Gasteiger charge is 2.18. The maximum absolute atomic E-state index is 12.5. The van der Waals surface area contributed by atoms with Crippen LogP contribution >= 0.6 is 0 Å². The summed E-state index contributed by atoms with van der Waals surface area (Å²) in [6, 6.07) is -0.637. The van der Waals surface area contributed by atoms with Crippen molar-refractivity contribution in [2.24, 2.45) is 0 Å². The van der Waals surface area contributed by atoms with Crippen LogP contribution < -0.4 is 5.32 Å². The SMILES string of the molecule is CCCCCCCC/C=C\CCCCCCCCCC(=O)OCCCCCCCCCC/C=C\CCCCCCCCCC(=O)NC(CO)C(O)/C=C/CCCCCCCCCCCCCCCCCCCCCC. The number of carbonyl (C=O) groups is 2. The summed E-state index contributed by atoms with van der Waals surface area (Å²) in [4.78, 5) is 24.6. The lowest BCUT2D eigenvalue weighted by molar-refractivity contribution is -0.143. The van der Waals surface area contributed by atoms with Crippen LogP contribution in [0.25, 0.3) is 0 Å². The van der Waals surface area contributed by atoms with Crippen LogP contribution in [0.4, 0.5) is 0 Å². The maximum Gasteiger partial charge on any atom is 0.305 e. The van der Waals surface area contributed by atoms with Gasteiger partial charge in [-0.25, -0.2) is 0 Å². The molecule has 442 valence electrons. The molecule has 0 heterocycles. The molecule has 0 aliphatic heterocycles. The van der Waals surface area contributed by atoms with Crippen LogP contribution in [-0.4, -0.2) is 47.4 Å². The van der Waals surface area contributed by atoms with Crippen LogP contribution in [0.5, 0.6) is 0 Å². The quantitative estimate of drug-likeness (QED) is 0.0320. The standard InChI is InChI=1S/C69H131NO5/c1-3-5-7-9-11-13-15-17-19-21-22-23-24-26-30-33-37-41-45-49-53-57-61-67(72)66(65-71)70-68(73)62-58-54-50-46-42-38-34-31-27-25-28-32-36-40-44-48-52-56-60-64-75-69(74)63-59-55-51-47-43-39-35-29-20-18-16-14-12-10-8-6-4-2/h18,20,25,27,57,61,66-67,71-72H,3-17,19,21-24,26,28-56,58-60,62-65H2,1-2H3,(H,70,73)/b20-18-,27-25-,61-57+. The third kappa shape index (κ3) is 61.2. The number of aliphatic hydroxyl groups is 2. The first-order valence-corrected chi connectivity index (χ1v) is 33.8. The van der Waals surface area contributed by atoms with E-state index < -0.39 is 12.1 Å². The minimum absolute atomic E-state index is 0.000385. The minimum Gasteiger partial charge on any atom is -0.466 e. The lowest BCUT2D eigenvalue weighted by Gasteiger charge is -2.20. The van der Waals surface area contributed by atoms with Crippen molar-refractivity contribution >= 4 is 11.9 Å². The van der Waals surface area contributed by atoms with E-state index in [1.54, 1.807) is 6.08 Å². The van der Waals surface area contributed by atoms with Crippen LogP contribution in [0.15, 0.2) is 36.5 Å². The van der Waals surface area contributed by atoms with Gasteiger partial charge in [0.2, 0.25) is 5.91 Å². The Bertz CT molecular complexity index is 1210. The average molecular weight is 1050 g/mol. The third-order valence-corrected chi connectivity index (χ3v) is 15.6. The Morgan fingerprint density at radius 1 is 0.360 bits per heavy atom. The Morgan fingerprint density at radius 2 is 0.627 bits per heavy atom. The average Bonchev–Trinajstić information content (AvgIpc) is 3.41. The van der Waals surface area contributed by atoms with Gasteiger partial charge in [0.1, 0.15) is 0 Å². The fraction of sp³-hybridized carbons (Fsp3) is 0.884. The van der Waals surface area contributed by atoms with Crippen LogP contribution in [0, 0.1) is 0 Å². The normalized spacial score (nSPS) is 12.7. The zero-order valence-electron chi connectivity index (χ0n) is 50.5. The van der Waals surface area contributed by atoms with E-state index in [2.05, 4.69) is 43.5 Å². The summed E-state index contributed by atoms with van der Waals surface area (Å²) in [6.07, 6.45) is 82.0. The molecule has 2 unspecified atom stereocenters. The number of esters is 1. The van der Waals surface area contributed by atoms with Crippen molar-refractivity contribution in [3.05, 3.63) is 36.5 Å². The summed E-state index contributed by atoms with van der Waals surface area (Å²) in [5, 5.41) is 23.2. The monoisotopic (exact) mass is 1050 g/mol. The first kappa shape index (κ1) is 73.1. The molecule has 0 bridgehead atoms. The Balaban J connectivity index is 3.46. The van der Waals surface area contributed by atoms with Crippen LogP contribution in [0.1, 0.15) is 367 Å². The smallest absolute Gasteiger partial charge is 0.305 e. The van der Waals surface area contributed by atoms with E-state index in [9.17, 15) is 19.8 Å². The van der Waals surface area contributed by atoms with Gasteiger partial charge in [-0.15, -0.1) is 0 Å². The number of allylic oxidation sites excluding steroid dienone is 5. The van der Waals surface area contributed by atoms with Crippen LogP contribution in [0.2, 0.25) is 0 Å². The number of aliphatic hydroxyl groups excluding tert-OH is 2. The van der Waals surface area contributed by atoms with Crippen LogP contribution in [0.3, 0.4) is 0 Å². The summed E-state index contributed by atoms with van der Waals surface area (Å²) in [5.74, 6) is -0.0741. The number of carbonyl (C=O) groups excluding carboxylic acids is 2. The molecule has 0 saturated carbocycles. The van der Waals surface area contributed by atoms with E-state index in [0.717, 1.165) is 51.4 Å². The Kier molecular flexibility index (Phi) is 63.0. The number of unbranched alkanes of at least 4 members (excludes halogenated alkanes) is 48. The molecule has 0 rings (SSSR count). The topological polar surface area (TPSA) is 95.9 Å². The van der Waals surface area contributed by atoms with Crippen molar-refractivity contribution in [2.45, 2.75) is 379 Å². The molecule has 0 radical (unpaired) electrons. The molecule has 0 aromatic rings. The number of nitrogens with one attached hydrogen (secondary N) is 1.